The minimum atomic E-state index is -0.271. The Balaban J connectivity index is 2.32. The van der Waals surface area contributed by atoms with E-state index in [-0.39, 0.29) is 5.97 Å². The van der Waals surface area contributed by atoms with Crippen LogP contribution >= 0.6 is 0 Å². The van der Waals surface area contributed by atoms with Gasteiger partial charge in [-0.25, -0.2) is 4.79 Å². The number of hydrogen-bond acceptors (Lipinski definition) is 4. The van der Waals surface area contributed by atoms with Gasteiger partial charge in [0.05, 0.1) is 18.8 Å². The number of carbonyl (C=O) groups excluding carboxylic acids is 1. The van der Waals surface area contributed by atoms with Crippen molar-refractivity contribution in [3.8, 4) is 5.75 Å². The monoisotopic (exact) mass is 279 g/mol. The third-order valence-corrected chi connectivity index (χ3v) is 3.15. The van der Waals surface area contributed by atoms with Gasteiger partial charge in [0, 0.05) is 6.54 Å². The fourth-order valence-electron chi connectivity index (χ4n) is 1.93. The number of carbonyl (C=O) groups is 1. The van der Waals surface area contributed by atoms with Crippen LogP contribution in [-0.2, 0) is 4.74 Å². The Morgan fingerprint density at radius 2 is 1.75 bits per heavy atom. The Morgan fingerprint density at radius 1 is 1.10 bits per heavy atom. The molecule has 0 aromatic heterocycles. The number of nitrogens with zero attached hydrogens (tertiary/aromatic N) is 1. The van der Waals surface area contributed by atoms with E-state index < -0.39 is 0 Å². The van der Waals surface area contributed by atoms with Gasteiger partial charge in [-0.05, 0) is 50.7 Å². The Morgan fingerprint density at radius 3 is 2.30 bits per heavy atom. The van der Waals surface area contributed by atoms with Crippen LogP contribution in [0.4, 0.5) is 0 Å². The number of ether oxygens (including phenoxy) is 2. The molecule has 4 nitrogen and oxygen atoms in total. The van der Waals surface area contributed by atoms with E-state index in [4.69, 9.17) is 9.47 Å². The van der Waals surface area contributed by atoms with Crippen molar-refractivity contribution in [2.45, 2.75) is 27.2 Å². The molecule has 0 spiro atoms. The molecule has 20 heavy (non-hydrogen) atoms. The molecule has 0 saturated heterocycles. The highest BCUT2D eigenvalue weighted by molar-refractivity contribution is 5.89. The maximum atomic E-state index is 11.8. The molecule has 0 atom stereocenters. The Hall–Kier alpha value is -1.55. The maximum absolute atomic E-state index is 11.8. The van der Waals surface area contributed by atoms with Crippen molar-refractivity contribution in [2.24, 2.45) is 0 Å². The summed E-state index contributed by atoms with van der Waals surface area (Å²) < 4.78 is 10.6. The predicted molar refractivity (Wildman–Crippen MR) is 80.3 cm³/mol. The lowest BCUT2D eigenvalue weighted by Crippen LogP contribution is -2.25. The lowest BCUT2D eigenvalue weighted by Gasteiger charge is -2.17. The van der Waals surface area contributed by atoms with Crippen molar-refractivity contribution in [2.75, 3.05) is 32.8 Å². The topological polar surface area (TPSA) is 38.8 Å². The maximum Gasteiger partial charge on any atom is 0.338 e. The van der Waals surface area contributed by atoms with Crippen molar-refractivity contribution in [1.29, 1.82) is 0 Å². The van der Waals surface area contributed by atoms with Gasteiger partial charge in [-0.2, -0.15) is 0 Å². The van der Waals surface area contributed by atoms with E-state index in [1.165, 1.54) is 0 Å². The minimum absolute atomic E-state index is 0.271. The van der Waals surface area contributed by atoms with Crippen LogP contribution < -0.4 is 4.74 Å². The van der Waals surface area contributed by atoms with Crippen molar-refractivity contribution in [3.63, 3.8) is 0 Å². The quantitative estimate of drug-likeness (QED) is 0.514. The first-order chi connectivity index (χ1) is 9.71. The molecule has 1 rings (SSSR count). The number of rotatable bonds is 9. The fraction of sp³-hybridized carbons (Fsp3) is 0.562. The molecular formula is C16H25NO3. The van der Waals surface area contributed by atoms with E-state index in [1.54, 1.807) is 24.3 Å². The van der Waals surface area contributed by atoms with E-state index in [0.29, 0.717) is 18.8 Å². The van der Waals surface area contributed by atoms with Crippen molar-refractivity contribution >= 4 is 5.97 Å². The summed E-state index contributed by atoms with van der Waals surface area (Å²) >= 11 is 0. The molecule has 1 aromatic carbocycles. The van der Waals surface area contributed by atoms with Crippen LogP contribution in [0.5, 0.6) is 5.75 Å². The number of hydrogen-bond donors (Lipinski definition) is 0. The normalized spacial score (nSPS) is 10.6. The summed E-state index contributed by atoms with van der Waals surface area (Å²) in [7, 11) is 0. The van der Waals surface area contributed by atoms with E-state index >= 15 is 0 Å². The van der Waals surface area contributed by atoms with Crippen molar-refractivity contribution in [1.82, 2.24) is 4.90 Å². The highest BCUT2D eigenvalue weighted by Crippen LogP contribution is 2.12. The van der Waals surface area contributed by atoms with Gasteiger partial charge in [0.2, 0.25) is 0 Å². The van der Waals surface area contributed by atoms with Crippen LogP contribution in [-0.4, -0.2) is 43.7 Å². The Labute approximate surface area is 121 Å². The molecule has 1 aromatic rings. The van der Waals surface area contributed by atoms with E-state index in [0.717, 1.165) is 31.8 Å². The summed E-state index contributed by atoms with van der Waals surface area (Å²) in [5.74, 6) is 0.498. The van der Waals surface area contributed by atoms with Gasteiger partial charge in [-0.1, -0.05) is 13.8 Å². The van der Waals surface area contributed by atoms with E-state index in [1.807, 2.05) is 6.92 Å². The van der Waals surface area contributed by atoms with Crippen LogP contribution in [0.3, 0.4) is 0 Å². The average molecular weight is 279 g/mol. The summed E-state index contributed by atoms with van der Waals surface area (Å²) in [6.07, 6.45) is 0.866. The molecule has 0 aliphatic carbocycles. The van der Waals surface area contributed by atoms with Gasteiger partial charge >= 0.3 is 5.97 Å². The Bertz CT molecular complexity index is 385. The molecule has 0 N–H and O–H groups in total. The lowest BCUT2D eigenvalue weighted by atomic mass is 10.2. The third-order valence-electron chi connectivity index (χ3n) is 3.15. The van der Waals surface area contributed by atoms with Crippen LogP contribution in [0.25, 0.3) is 0 Å². The van der Waals surface area contributed by atoms with Gasteiger partial charge < -0.3 is 14.4 Å². The van der Waals surface area contributed by atoms with Crippen LogP contribution in [0.1, 0.15) is 37.6 Å². The summed E-state index contributed by atoms with van der Waals surface area (Å²) in [5.41, 5.74) is 0.566. The van der Waals surface area contributed by atoms with Crippen LogP contribution in [0, 0.1) is 0 Å². The van der Waals surface area contributed by atoms with Gasteiger partial charge in [0.25, 0.3) is 0 Å². The summed E-state index contributed by atoms with van der Waals surface area (Å²) in [4.78, 5) is 14.1. The van der Waals surface area contributed by atoms with E-state index in [2.05, 4.69) is 18.7 Å². The smallest absolute Gasteiger partial charge is 0.338 e. The molecule has 0 heterocycles. The first-order valence-electron chi connectivity index (χ1n) is 7.33. The van der Waals surface area contributed by atoms with Gasteiger partial charge in [-0.15, -0.1) is 0 Å². The Kier molecular flexibility index (Phi) is 7.73. The van der Waals surface area contributed by atoms with Gasteiger partial charge in [-0.3, -0.25) is 0 Å². The number of benzene rings is 1. The zero-order valence-electron chi connectivity index (χ0n) is 12.7. The summed E-state index contributed by atoms with van der Waals surface area (Å²) in [5, 5.41) is 0. The first kappa shape index (κ1) is 16.5. The van der Waals surface area contributed by atoms with Gasteiger partial charge in [0.1, 0.15) is 5.75 Å². The van der Waals surface area contributed by atoms with E-state index in [9.17, 15) is 4.79 Å². The first-order valence-corrected chi connectivity index (χ1v) is 7.33. The van der Waals surface area contributed by atoms with Crippen molar-refractivity contribution < 1.29 is 14.3 Å². The highest BCUT2D eigenvalue weighted by atomic mass is 16.5. The second-order valence-corrected chi connectivity index (χ2v) is 4.47. The largest absolute Gasteiger partial charge is 0.494 e. The van der Waals surface area contributed by atoms with Gasteiger partial charge in [0.15, 0.2) is 0 Å². The summed E-state index contributed by atoms with van der Waals surface area (Å²) in [6.45, 7) is 10.3. The molecule has 0 amide bonds. The third kappa shape index (κ3) is 5.61. The zero-order valence-corrected chi connectivity index (χ0v) is 12.7. The standard InChI is InChI=1S/C16H25NO3/c1-4-17(5-2)12-7-13-20-16(18)14-8-10-15(11-9-14)19-6-3/h8-11H,4-7,12-13H2,1-3H3. The fourth-order valence-corrected chi connectivity index (χ4v) is 1.93. The van der Waals surface area contributed by atoms with Crippen LogP contribution in [0.2, 0.25) is 0 Å². The second kappa shape index (κ2) is 9.37. The molecule has 0 bridgehead atoms. The highest BCUT2D eigenvalue weighted by Gasteiger charge is 2.07. The molecule has 112 valence electrons. The molecular weight excluding hydrogens is 254 g/mol. The molecule has 0 saturated carbocycles. The van der Waals surface area contributed by atoms with Crippen molar-refractivity contribution in [3.05, 3.63) is 29.8 Å². The second-order valence-electron chi connectivity index (χ2n) is 4.47. The zero-order chi connectivity index (χ0) is 14.8. The van der Waals surface area contributed by atoms with Crippen LogP contribution in [0.15, 0.2) is 24.3 Å². The molecule has 0 aliphatic rings. The molecule has 0 unspecified atom stereocenters. The lowest BCUT2D eigenvalue weighted by molar-refractivity contribution is 0.0489. The summed E-state index contributed by atoms with van der Waals surface area (Å²) in [6, 6.07) is 7.04. The molecule has 4 heteroatoms. The average Bonchev–Trinajstić information content (AvgIpc) is 2.48. The molecule has 0 aliphatic heterocycles. The molecule has 0 radical (unpaired) electrons. The molecule has 0 fully saturated rings. The predicted octanol–water partition coefficient (Wildman–Crippen LogP) is 2.97. The minimum Gasteiger partial charge on any atom is -0.494 e. The SMILES string of the molecule is CCOc1ccc(C(=O)OCCCN(CC)CC)cc1. The number of esters is 1.